The molecule has 1 aromatic rings. The summed E-state index contributed by atoms with van der Waals surface area (Å²) in [5, 5.41) is 1.08. The molecule has 0 aliphatic heterocycles. The van der Waals surface area contributed by atoms with Gasteiger partial charge in [-0.3, -0.25) is 4.79 Å². The van der Waals surface area contributed by atoms with E-state index in [9.17, 15) is 4.79 Å². The van der Waals surface area contributed by atoms with Gasteiger partial charge in [-0.05, 0) is 13.3 Å². The van der Waals surface area contributed by atoms with E-state index in [0.717, 1.165) is 11.7 Å². The van der Waals surface area contributed by atoms with E-state index in [1.807, 2.05) is 13.0 Å². The molecule has 2 nitrogen and oxygen atoms in total. The Balaban J connectivity index is 0.000000749. The maximum atomic E-state index is 11.1. The van der Waals surface area contributed by atoms with Crippen LogP contribution in [0.3, 0.4) is 0 Å². The minimum absolute atomic E-state index is 0.0319. The second-order valence-corrected chi connectivity index (χ2v) is 8.10. The van der Waals surface area contributed by atoms with Gasteiger partial charge in [0.15, 0.2) is 0 Å². The molecule has 0 atom stereocenters. The molecule has 162 valence electrons. The van der Waals surface area contributed by atoms with Gasteiger partial charge in [0.2, 0.25) is 0 Å². The Labute approximate surface area is 183 Å². The molecule has 0 aliphatic carbocycles. The number of hydrogen-bond donors (Lipinski definition) is 0. The van der Waals surface area contributed by atoms with Crippen LogP contribution in [0.25, 0.3) is 0 Å². The van der Waals surface area contributed by atoms with Crippen LogP contribution < -0.4 is 0 Å². The first kappa shape index (κ1) is 27.2. The fourth-order valence-electron chi connectivity index (χ4n) is 3.10. The average Bonchev–Trinajstić information content (AvgIpc) is 2.72. The van der Waals surface area contributed by atoms with Gasteiger partial charge in [0.05, 0.1) is 6.61 Å². The van der Waals surface area contributed by atoms with Gasteiger partial charge in [0.25, 0.3) is 0 Å². The van der Waals surface area contributed by atoms with Gasteiger partial charge in [-0.1, -0.05) is 84.0 Å². The van der Waals surface area contributed by atoms with Crippen LogP contribution in [0, 0.1) is 0 Å². The summed E-state index contributed by atoms with van der Waals surface area (Å²) in [4.78, 5) is 11.1. The number of esters is 1. The molecule has 1 rings (SSSR count). The van der Waals surface area contributed by atoms with Gasteiger partial charge >= 0.3 is 63.2 Å². The molecule has 3 heteroatoms. The third kappa shape index (κ3) is 20.0. The van der Waals surface area contributed by atoms with E-state index in [-0.39, 0.29) is 5.97 Å². The van der Waals surface area contributed by atoms with E-state index in [0.29, 0.717) is 13.0 Å². The molecule has 28 heavy (non-hydrogen) atoms. The zero-order valence-electron chi connectivity index (χ0n) is 18.5. The van der Waals surface area contributed by atoms with Crippen molar-refractivity contribution >= 4 is 22.0 Å². The molecule has 0 unspecified atom stereocenters. The van der Waals surface area contributed by atoms with Crippen LogP contribution in [0.5, 0.6) is 0 Å². The normalized spacial score (nSPS) is 10.2. The Bertz CT molecular complexity index is 433. The minimum atomic E-state index is -0.0319. The predicted octanol–water partition coefficient (Wildman–Crippen LogP) is 7.12. The van der Waals surface area contributed by atoms with Crippen molar-refractivity contribution in [3.05, 3.63) is 35.9 Å². The predicted molar refractivity (Wildman–Crippen MR) is 124 cm³/mol. The van der Waals surface area contributed by atoms with Crippen LogP contribution in [-0.2, 0) is 14.9 Å². The monoisotopic (exact) mass is 456 g/mol. The van der Waals surface area contributed by atoms with Crippen molar-refractivity contribution in [1.29, 1.82) is 0 Å². The first-order valence-corrected chi connectivity index (χ1v) is 12.9. The summed E-state index contributed by atoms with van der Waals surface area (Å²) in [6.07, 6.45) is 18.0. The molecule has 0 saturated carbocycles. The van der Waals surface area contributed by atoms with Crippen molar-refractivity contribution in [2.24, 2.45) is 0 Å². The van der Waals surface area contributed by atoms with E-state index >= 15 is 0 Å². The topological polar surface area (TPSA) is 26.3 Å². The Kier molecular flexibility index (Phi) is 21.9. The van der Waals surface area contributed by atoms with Crippen LogP contribution in [-0.4, -0.2) is 28.6 Å². The fraction of sp³-hybridized carbons (Fsp3) is 0.720. The summed E-state index contributed by atoms with van der Waals surface area (Å²) in [5.41, 5.74) is 1.38. The Hall–Kier alpha value is -0.791. The number of benzene rings is 1. The van der Waals surface area contributed by atoms with Gasteiger partial charge in [-0.15, -0.1) is 0 Å². The summed E-state index contributed by atoms with van der Waals surface area (Å²) in [7, 11) is 0. The molecule has 0 N–H and O–H groups in total. The molecule has 0 bridgehead atoms. The number of rotatable bonds is 16. The Morgan fingerprint density at radius 2 is 1.21 bits per heavy atom. The molecular weight excluding hydrogens is 411 g/mol. The van der Waals surface area contributed by atoms with Crippen molar-refractivity contribution in [2.45, 2.75) is 109 Å². The van der Waals surface area contributed by atoms with Gasteiger partial charge < -0.3 is 4.74 Å². The van der Waals surface area contributed by atoms with E-state index in [2.05, 4.69) is 47.2 Å². The molecular formula is C25H44O2Se. The zero-order valence-corrected chi connectivity index (χ0v) is 20.3. The van der Waals surface area contributed by atoms with Crippen molar-refractivity contribution in [1.82, 2.24) is 0 Å². The van der Waals surface area contributed by atoms with Crippen LogP contribution in [0.1, 0.15) is 109 Å². The number of ether oxygens (including phenoxy) is 1. The second-order valence-electron chi connectivity index (χ2n) is 7.44. The fourth-order valence-corrected chi connectivity index (χ4v) is 3.55. The SMILES string of the molecule is CCCCCCCCCCCCCCCC(=O)OCC.[SeH]Cc1ccccc1. The summed E-state index contributed by atoms with van der Waals surface area (Å²) < 4.78 is 4.91. The average molecular weight is 456 g/mol. The van der Waals surface area contributed by atoms with Crippen molar-refractivity contribution in [2.75, 3.05) is 6.61 Å². The summed E-state index contributed by atoms with van der Waals surface area (Å²) >= 11 is 2.56. The number of hydrogen-bond acceptors (Lipinski definition) is 2. The molecule has 0 aromatic heterocycles. The second kappa shape index (κ2) is 22.5. The summed E-state index contributed by atoms with van der Waals surface area (Å²) in [6.45, 7) is 4.64. The zero-order chi connectivity index (χ0) is 20.7. The molecule has 0 heterocycles. The third-order valence-electron chi connectivity index (χ3n) is 4.82. The summed E-state index contributed by atoms with van der Waals surface area (Å²) in [5.74, 6) is -0.0319. The standard InChI is InChI=1S/C18H36O2.C7H8Se/c1-3-5-6-7-8-9-10-11-12-13-14-15-16-17-18(19)20-4-2;8-6-7-4-2-1-3-5-7/h3-17H2,1-2H3;1-5,8H,6H2. The molecule has 0 saturated heterocycles. The van der Waals surface area contributed by atoms with Gasteiger partial charge in [0, 0.05) is 6.42 Å². The Morgan fingerprint density at radius 3 is 1.61 bits per heavy atom. The van der Waals surface area contributed by atoms with Crippen molar-refractivity contribution < 1.29 is 9.53 Å². The molecule has 0 fully saturated rings. The first-order valence-electron chi connectivity index (χ1n) is 11.5. The van der Waals surface area contributed by atoms with Gasteiger partial charge in [-0.25, -0.2) is 0 Å². The van der Waals surface area contributed by atoms with Crippen LogP contribution in [0.2, 0.25) is 0 Å². The van der Waals surface area contributed by atoms with Crippen molar-refractivity contribution in [3.8, 4) is 0 Å². The van der Waals surface area contributed by atoms with Gasteiger partial charge in [-0.2, -0.15) is 0 Å². The first-order chi connectivity index (χ1) is 13.7. The molecule has 1 aromatic carbocycles. The van der Waals surface area contributed by atoms with E-state index < -0.39 is 0 Å². The van der Waals surface area contributed by atoms with Crippen LogP contribution >= 0.6 is 0 Å². The van der Waals surface area contributed by atoms with Crippen LogP contribution in [0.4, 0.5) is 0 Å². The Morgan fingerprint density at radius 1 is 0.750 bits per heavy atom. The quantitative estimate of drug-likeness (QED) is 0.151. The summed E-state index contributed by atoms with van der Waals surface area (Å²) in [6, 6.07) is 10.4. The number of unbranched alkanes of at least 4 members (excludes halogenated alkanes) is 12. The third-order valence-corrected chi connectivity index (χ3v) is 5.58. The van der Waals surface area contributed by atoms with E-state index in [1.165, 1.54) is 82.6 Å². The maximum absolute atomic E-state index is 11.1. The molecule has 0 amide bonds. The number of carbonyl (C=O) groups is 1. The van der Waals surface area contributed by atoms with E-state index in [1.54, 1.807) is 0 Å². The molecule has 0 spiro atoms. The number of carbonyl (C=O) groups excluding carboxylic acids is 1. The van der Waals surface area contributed by atoms with Gasteiger partial charge in [0.1, 0.15) is 0 Å². The van der Waals surface area contributed by atoms with E-state index in [4.69, 9.17) is 4.74 Å². The molecule has 0 radical (unpaired) electrons. The van der Waals surface area contributed by atoms with Crippen LogP contribution in [0.15, 0.2) is 30.3 Å². The van der Waals surface area contributed by atoms with Crippen molar-refractivity contribution in [3.63, 3.8) is 0 Å². The molecule has 0 aliphatic rings.